The summed E-state index contributed by atoms with van der Waals surface area (Å²) in [4.78, 5) is 27.5. The van der Waals surface area contributed by atoms with E-state index in [2.05, 4.69) is 0 Å². The minimum absolute atomic E-state index is 0.0648. The summed E-state index contributed by atoms with van der Waals surface area (Å²) in [6.45, 7) is 6.03. The van der Waals surface area contributed by atoms with Gasteiger partial charge in [-0.25, -0.2) is 4.79 Å². The van der Waals surface area contributed by atoms with Crippen molar-refractivity contribution in [2.24, 2.45) is 0 Å². The summed E-state index contributed by atoms with van der Waals surface area (Å²) >= 11 is 0. The van der Waals surface area contributed by atoms with Gasteiger partial charge in [-0.3, -0.25) is 9.69 Å². The molecule has 0 N–H and O–H groups in total. The third-order valence-electron chi connectivity index (χ3n) is 3.47. The number of rotatable bonds is 0. The third-order valence-corrected chi connectivity index (χ3v) is 3.47. The molecule has 2 bridgehead atoms. The van der Waals surface area contributed by atoms with E-state index < -0.39 is 5.60 Å². The molecule has 108 valence electrons. The lowest BCUT2D eigenvalue weighted by Gasteiger charge is -2.43. The van der Waals surface area contributed by atoms with Crippen LogP contribution in [0.1, 0.15) is 20.8 Å². The molecule has 3 aliphatic heterocycles. The molecule has 2 amide bonds. The lowest BCUT2D eigenvalue weighted by Crippen LogP contribution is -2.58. The summed E-state index contributed by atoms with van der Waals surface area (Å²) in [5.41, 5.74) is 0.165. The quantitative estimate of drug-likeness (QED) is 0.626. The summed E-state index contributed by atoms with van der Waals surface area (Å²) in [5.74, 6) is -0.0648. The number of hydrogen-bond donors (Lipinski definition) is 0. The second-order valence-electron chi connectivity index (χ2n) is 6.14. The van der Waals surface area contributed by atoms with Crippen molar-refractivity contribution in [1.82, 2.24) is 9.80 Å². The zero-order chi connectivity index (χ0) is 14.5. The van der Waals surface area contributed by atoms with Gasteiger partial charge in [0.2, 0.25) is 0 Å². The van der Waals surface area contributed by atoms with Crippen LogP contribution in [0.4, 0.5) is 4.79 Å². The topological polar surface area (TPSA) is 59.1 Å². The Kier molecular flexibility index (Phi) is 2.77. The molecule has 0 aromatic carbocycles. The summed E-state index contributed by atoms with van der Waals surface area (Å²) in [6, 6.07) is -0.415. The van der Waals surface area contributed by atoms with Crippen LogP contribution in [0.3, 0.4) is 0 Å². The first-order chi connectivity index (χ1) is 9.37. The van der Waals surface area contributed by atoms with E-state index in [0.29, 0.717) is 12.2 Å². The SMILES string of the molecule is CC(C)(C)OC(=O)N1C2C=CC1C1=COCC(=O)N1C2. The molecular weight excluding hydrogens is 260 g/mol. The number of hydrogen-bond acceptors (Lipinski definition) is 4. The van der Waals surface area contributed by atoms with Gasteiger partial charge in [-0.15, -0.1) is 0 Å². The lowest BCUT2D eigenvalue weighted by atomic mass is 10.1. The molecule has 0 aliphatic carbocycles. The summed E-state index contributed by atoms with van der Waals surface area (Å²) in [7, 11) is 0. The molecule has 2 unspecified atom stereocenters. The third kappa shape index (κ3) is 2.05. The van der Waals surface area contributed by atoms with Crippen molar-refractivity contribution in [1.29, 1.82) is 0 Å². The van der Waals surface area contributed by atoms with Gasteiger partial charge in [0.1, 0.15) is 11.9 Å². The number of piperazine rings is 1. The van der Waals surface area contributed by atoms with Crippen molar-refractivity contribution in [2.75, 3.05) is 13.2 Å². The van der Waals surface area contributed by atoms with Crippen LogP contribution in [0.25, 0.3) is 0 Å². The van der Waals surface area contributed by atoms with Crippen molar-refractivity contribution in [3.63, 3.8) is 0 Å². The van der Waals surface area contributed by atoms with Gasteiger partial charge in [-0.1, -0.05) is 12.2 Å². The Bertz CT molecular complexity index is 518. The second-order valence-corrected chi connectivity index (χ2v) is 6.14. The normalized spacial score (nSPS) is 27.9. The molecule has 0 aromatic rings. The van der Waals surface area contributed by atoms with Gasteiger partial charge in [0.15, 0.2) is 6.61 Å². The number of nitrogens with zero attached hydrogens (tertiary/aromatic N) is 2. The molecule has 0 saturated carbocycles. The maximum Gasteiger partial charge on any atom is 0.411 e. The standard InChI is InChI=1S/C14H18N2O4/c1-14(2,3)20-13(18)16-9-4-5-10(16)11-7-19-8-12(17)15(11)6-9/h4-5,7,9-10H,6,8H2,1-3H3. The summed E-state index contributed by atoms with van der Waals surface area (Å²) < 4.78 is 10.6. The van der Waals surface area contributed by atoms with Gasteiger partial charge in [-0.2, -0.15) is 0 Å². The van der Waals surface area contributed by atoms with E-state index in [1.54, 1.807) is 16.1 Å². The average Bonchev–Trinajstić information content (AvgIpc) is 2.65. The van der Waals surface area contributed by atoms with Crippen molar-refractivity contribution < 1.29 is 19.1 Å². The van der Waals surface area contributed by atoms with E-state index in [-0.39, 0.29) is 30.7 Å². The molecule has 20 heavy (non-hydrogen) atoms. The molecule has 3 heterocycles. The van der Waals surface area contributed by atoms with Crippen molar-refractivity contribution >= 4 is 12.0 Å². The highest BCUT2D eigenvalue weighted by Gasteiger charge is 2.46. The fourth-order valence-electron chi connectivity index (χ4n) is 2.69. The maximum absolute atomic E-state index is 12.3. The predicted octanol–water partition coefficient (Wildman–Crippen LogP) is 1.24. The monoisotopic (exact) mass is 278 g/mol. The van der Waals surface area contributed by atoms with Crippen LogP contribution in [-0.2, 0) is 14.3 Å². The first kappa shape index (κ1) is 13.0. The van der Waals surface area contributed by atoms with Crippen LogP contribution in [0, 0.1) is 0 Å². The first-order valence-corrected chi connectivity index (χ1v) is 6.68. The van der Waals surface area contributed by atoms with E-state index in [9.17, 15) is 9.59 Å². The highest BCUT2D eigenvalue weighted by Crippen LogP contribution is 2.34. The Balaban J connectivity index is 1.85. The van der Waals surface area contributed by atoms with Gasteiger partial charge in [0.05, 0.1) is 24.3 Å². The number of ether oxygens (including phenoxy) is 2. The smallest absolute Gasteiger partial charge is 0.411 e. The van der Waals surface area contributed by atoms with Crippen molar-refractivity contribution in [2.45, 2.75) is 38.5 Å². The fraction of sp³-hybridized carbons (Fsp3) is 0.571. The molecule has 6 heteroatoms. The predicted molar refractivity (Wildman–Crippen MR) is 70.5 cm³/mol. The maximum atomic E-state index is 12.3. The molecule has 3 aliphatic rings. The molecular formula is C14H18N2O4. The zero-order valence-corrected chi connectivity index (χ0v) is 11.8. The Morgan fingerprint density at radius 1 is 1.40 bits per heavy atom. The molecule has 1 saturated heterocycles. The average molecular weight is 278 g/mol. The number of carbonyl (C=O) groups is 2. The van der Waals surface area contributed by atoms with Gasteiger partial charge in [0.25, 0.3) is 5.91 Å². The van der Waals surface area contributed by atoms with Crippen molar-refractivity contribution in [3.05, 3.63) is 24.1 Å². The number of amides is 2. The van der Waals surface area contributed by atoms with Crippen LogP contribution in [0.5, 0.6) is 0 Å². The van der Waals surface area contributed by atoms with Crippen LogP contribution in [0.2, 0.25) is 0 Å². The molecule has 3 rings (SSSR count). The van der Waals surface area contributed by atoms with Gasteiger partial charge in [0, 0.05) is 0 Å². The molecule has 2 atom stereocenters. The van der Waals surface area contributed by atoms with Gasteiger partial charge >= 0.3 is 6.09 Å². The fourth-order valence-corrected chi connectivity index (χ4v) is 2.69. The highest BCUT2D eigenvalue weighted by atomic mass is 16.6. The largest absolute Gasteiger partial charge is 0.489 e. The highest BCUT2D eigenvalue weighted by molar-refractivity contribution is 5.82. The van der Waals surface area contributed by atoms with E-state index in [1.165, 1.54) is 0 Å². The zero-order valence-electron chi connectivity index (χ0n) is 11.8. The van der Waals surface area contributed by atoms with E-state index >= 15 is 0 Å². The van der Waals surface area contributed by atoms with Crippen LogP contribution >= 0.6 is 0 Å². The molecule has 0 aromatic heterocycles. The minimum Gasteiger partial charge on any atom is -0.489 e. The Morgan fingerprint density at radius 2 is 2.15 bits per heavy atom. The van der Waals surface area contributed by atoms with Gasteiger partial charge < -0.3 is 14.4 Å². The number of carbonyl (C=O) groups excluding carboxylic acids is 2. The second kappa shape index (κ2) is 4.26. The molecule has 0 radical (unpaired) electrons. The Morgan fingerprint density at radius 3 is 2.85 bits per heavy atom. The van der Waals surface area contributed by atoms with E-state index in [1.807, 2.05) is 32.9 Å². The van der Waals surface area contributed by atoms with Crippen LogP contribution in [-0.4, -0.2) is 52.6 Å². The summed E-state index contributed by atoms with van der Waals surface area (Å²) in [5, 5.41) is 0. The number of fused-ring (bicyclic) bond motifs is 4. The summed E-state index contributed by atoms with van der Waals surface area (Å²) in [6.07, 6.45) is 5.06. The lowest BCUT2D eigenvalue weighted by molar-refractivity contribution is -0.137. The Hall–Kier alpha value is -1.98. The van der Waals surface area contributed by atoms with Crippen LogP contribution in [0.15, 0.2) is 24.1 Å². The molecule has 6 nitrogen and oxygen atoms in total. The minimum atomic E-state index is -0.541. The molecule has 1 fully saturated rings. The van der Waals surface area contributed by atoms with E-state index in [0.717, 1.165) is 0 Å². The molecule has 0 spiro atoms. The van der Waals surface area contributed by atoms with Crippen molar-refractivity contribution in [3.8, 4) is 0 Å². The first-order valence-electron chi connectivity index (χ1n) is 6.68. The Labute approximate surface area is 117 Å². The van der Waals surface area contributed by atoms with Crippen LogP contribution < -0.4 is 0 Å². The van der Waals surface area contributed by atoms with E-state index in [4.69, 9.17) is 9.47 Å². The van der Waals surface area contributed by atoms with Gasteiger partial charge in [-0.05, 0) is 20.8 Å².